The summed E-state index contributed by atoms with van der Waals surface area (Å²) < 4.78 is 40.6. The van der Waals surface area contributed by atoms with Gasteiger partial charge in [-0.15, -0.1) is 0 Å². The van der Waals surface area contributed by atoms with Crippen LogP contribution in [0.1, 0.15) is 18.4 Å². The van der Waals surface area contributed by atoms with Gasteiger partial charge in [-0.25, -0.2) is 17.5 Å². The fourth-order valence-corrected chi connectivity index (χ4v) is 3.84. The van der Waals surface area contributed by atoms with E-state index in [1.165, 1.54) is 12.1 Å². The van der Waals surface area contributed by atoms with Crippen molar-refractivity contribution in [2.75, 3.05) is 19.4 Å². The summed E-state index contributed by atoms with van der Waals surface area (Å²) >= 11 is 1.63. The SMILES string of the molecule is CSC1(CNS(=O)(=O)c2ccc(C#CCO)cc2F)CC1. The zero-order valence-corrected chi connectivity index (χ0v) is 13.2. The Kier molecular flexibility index (Phi) is 4.94. The lowest BCUT2D eigenvalue weighted by Gasteiger charge is -2.13. The second kappa shape index (κ2) is 6.36. The molecule has 4 nitrogen and oxygen atoms in total. The van der Waals surface area contributed by atoms with Gasteiger partial charge in [-0.3, -0.25) is 0 Å². The Morgan fingerprint density at radius 3 is 2.71 bits per heavy atom. The molecule has 0 saturated heterocycles. The maximum absolute atomic E-state index is 13.9. The Morgan fingerprint density at radius 1 is 1.48 bits per heavy atom. The second-order valence-electron chi connectivity index (χ2n) is 4.82. The predicted octanol–water partition coefficient (Wildman–Crippen LogP) is 1.34. The lowest BCUT2D eigenvalue weighted by molar-refractivity contribution is 0.350. The number of thioether (sulfide) groups is 1. The van der Waals surface area contributed by atoms with Crippen LogP contribution >= 0.6 is 11.8 Å². The molecule has 0 amide bonds. The van der Waals surface area contributed by atoms with Crippen molar-refractivity contribution in [2.24, 2.45) is 0 Å². The zero-order valence-electron chi connectivity index (χ0n) is 11.5. The van der Waals surface area contributed by atoms with Crippen LogP contribution in [0.4, 0.5) is 4.39 Å². The first-order chi connectivity index (χ1) is 9.92. The fourth-order valence-electron chi connectivity index (χ4n) is 1.83. The maximum Gasteiger partial charge on any atom is 0.243 e. The molecular weight excluding hydrogens is 313 g/mol. The number of nitrogens with one attached hydrogen (secondary N) is 1. The summed E-state index contributed by atoms with van der Waals surface area (Å²) in [5, 5.41) is 8.58. The van der Waals surface area contributed by atoms with Gasteiger partial charge < -0.3 is 5.11 Å². The van der Waals surface area contributed by atoms with E-state index in [0.29, 0.717) is 12.1 Å². The summed E-state index contributed by atoms with van der Waals surface area (Å²) in [4.78, 5) is -0.381. The Balaban J connectivity index is 2.16. The molecule has 0 aliphatic heterocycles. The standard InChI is InChI=1S/C14H16FNO3S2/c1-20-14(6-7-14)10-16-21(18,19)13-5-4-11(3-2-8-17)9-12(13)15/h4-5,9,16-17H,6-8,10H2,1H3. The molecule has 7 heteroatoms. The largest absolute Gasteiger partial charge is 0.384 e. The average Bonchev–Trinajstić information content (AvgIpc) is 3.23. The van der Waals surface area contributed by atoms with E-state index in [9.17, 15) is 12.8 Å². The van der Waals surface area contributed by atoms with Crippen molar-refractivity contribution in [2.45, 2.75) is 22.5 Å². The number of aliphatic hydroxyl groups excluding tert-OH is 1. The molecule has 0 heterocycles. The van der Waals surface area contributed by atoms with Crippen LogP contribution in [0.3, 0.4) is 0 Å². The van der Waals surface area contributed by atoms with Crippen LogP contribution in [0, 0.1) is 17.7 Å². The molecule has 1 fully saturated rings. The summed E-state index contributed by atoms with van der Waals surface area (Å²) in [7, 11) is -3.87. The van der Waals surface area contributed by atoms with Crippen LogP contribution in [0.5, 0.6) is 0 Å². The first-order valence-electron chi connectivity index (χ1n) is 6.36. The third-order valence-corrected chi connectivity index (χ3v) is 6.21. The highest BCUT2D eigenvalue weighted by atomic mass is 32.2. The number of sulfonamides is 1. The summed E-state index contributed by atoms with van der Waals surface area (Å²) in [6.07, 6.45) is 3.88. The number of hydrogen-bond donors (Lipinski definition) is 2. The minimum Gasteiger partial charge on any atom is -0.384 e. The molecule has 0 bridgehead atoms. The molecular formula is C14H16FNO3S2. The van der Waals surface area contributed by atoms with Crippen molar-refractivity contribution < 1.29 is 17.9 Å². The normalized spacial score (nSPS) is 16.1. The molecule has 0 aromatic heterocycles. The molecule has 2 N–H and O–H groups in total. The topological polar surface area (TPSA) is 66.4 Å². The van der Waals surface area contributed by atoms with E-state index < -0.39 is 15.8 Å². The Morgan fingerprint density at radius 2 is 2.19 bits per heavy atom. The molecule has 114 valence electrons. The van der Waals surface area contributed by atoms with Crippen molar-refractivity contribution in [1.29, 1.82) is 0 Å². The summed E-state index contributed by atoms with van der Waals surface area (Å²) in [6.45, 7) is -0.0258. The summed E-state index contributed by atoms with van der Waals surface area (Å²) in [5.41, 5.74) is 0.322. The molecule has 0 atom stereocenters. The predicted molar refractivity (Wildman–Crippen MR) is 81.0 cm³/mol. The van der Waals surface area contributed by atoms with Gasteiger partial charge in [0.1, 0.15) is 17.3 Å². The van der Waals surface area contributed by atoms with Gasteiger partial charge >= 0.3 is 0 Å². The van der Waals surface area contributed by atoms with Crippen molar-refractivity contribution in [3.05, 3.63) is 29.6 Å². The minimum absolute atomic E-state index is 0.0317. The lowest BCUT2D eigenvalue weighted by Crippen LogP contribution is -2.32. The molecule has 1 aromatic rings. The van der Waals surface area contributed by atoms with E-state index in [-0.39, 0.29) is 16.2 Å². The summed E-state index contributed by atoms with van der Waals surface area (Å²) in [5.74, 6) is 4.07. The summed E-state index contributed by atoms with van der Waals surface area (Å²) in [6, 6.07) is 3.66. The minimum atomic E-state index is -3.87. The second-order valence-corrected chi connectivity index (χ2v) is 7.83. The van der Waals surface area contributed by atoms with E-state index in [1.807, 2.05) is 6.26 Å². The van der Waals surface area contributed by atoms with E-state index in [1.54, 1.807) is 11.8 Å². The number of benzene rings is 1. The number of hydrogen-bond acceptors (Lipinski definition) is 4. The van der Waals surface area contributed by atoms with E-state index >= 15 is 0 Å². The van der Waals surface area contributed by atoms with Gasteiger partial charge in [-0.1, -0.05) is 11.8 Å². The highest BCUT2D eigenvalue weighted by molar-refractivity contribution is 8.00. The van der Waals surface area contributed by atoms with Crippen LogP contribution < -0.4 is 4.72 Å². The van der Waals surface area contributed by atoms with Gasteiger partial charge in [-0.2, -0.15) is 11.8 Å². The highest BCUT2D eigenvalue weighted by Gasteiger charge is 2.42. The molecule has 2 rings (SSSR count). The third-order valence-electron chi connectivity index (χ3n) is 3.36. The molecule has 0 unspecified atom stereocenters. The van der Waals surface area contributed by atoms with Gasteiger partial charge in [0.15, 0.2) is 0 Å². The number of rotatable bonds is 5. The number of aliphatic hydroxyl groups is 1. The maximum atomic E-state index is 13.9. The average molecular weight is 329 g/mol. The van der Waals surface area contributed by atoms with Crippen LogP contribution in [0.2, 0.25) is 0 Å². The van der Waals surface area contributed by atoms with Crippen LogP contribution in [0.25, 0.3) is 0 Å². The quantitative estimate of drug-likeness (QED) is 0.800. The smallest absolute Gasteiger partial charge is 0.243 e. The van der Waals surface area contributed by atoms with E-state index in [4.69, 9.17) is 5.11 Å². The monoisotopic (exact) mass is 329 g/mol. The van der Waals surface area contributed by atoms with Crippen LogP contribution in [-0.4, -0.2) is 37.7 Å². The zero-order chi connectivity index (χ0) is 15.5. The molecule has 1 aliphatic rings. The first-order valence-corrected chi connectivity index (χ1v) is 9.07. The van der Waals surface area contributed by atoms with Gasteiger partial charge in [0.25, 0.3) is 0 Å². The van der Waals surface area contributed by atoms with Crippen molar-refractivity contribution in [3.63, 3.8) is 0 Å². The Hall–Kier alpha value is -1.07. The molecule has 1 aliphatic carbocycles. The molecule has 0 radical (unpaired) electrons. The van der Waals surface area contributed by atoms with Gasteiger partial charge in [0.05, 0.1) is 0 Å². The van der Waals surface area contributed by atoms with Gasteiger partial charge in [0, 0.05) is 16.9 Å². The molecule has 21 heavy (non-hydrogen) atoms. The van der Waals surface area contributed by atoms with E-state index in [0.717, 1.165) is 18.9 Å². The molecule has 1 saturated carbocycles. The Bertz CT molecular complexity index is 688. The van der Waals surface area contributed by atoms with Crippen molar-refractivity contribution >= 4 is 21.8 Å². The highest BCUT2D eigenvalue weighted by Crippen LogP contribution is 2.46. The van der Waals surface area contributed by atoms with Crippen LogP contribution in [-0.2, 0) is 10.0 Å². The fraction of sp³-hybridized carbons (Fsp3) is 0.429. The molecule has 1 aromatic carbocycles. The third kappa shape index (κ3) is 3.98. The Labute approximate surface area is 128 Å². The van der Waals surface area contributed by atoms with Gasteiger partial charge in [0.2, 0.25) is 10.0 Å². The first kappa shape index (κ1) is 16.3. The van der Waals surface area contributed by atoms with Crippen molar-refractivity contribution in [1.82, 2.24) is 4.72 Å². The molecule has 0 spiro atoms. The van der Waals surface area contributed by atoms with Crippen molar-refractivity contribution in [3.8, 4) is 11.8 Å². The van der Waals surface area contributed by atoms with Gasteiger partial charge in [-0.05, 0) is 37.3 Å². The van der Waals surface area contributed by atoms with Crippen LogP contribution in [0.15, 0.2) is 23.1 Å². The lowest BCUT2D eigenvalue weighted by atomic mass is 10.2. The number of halogens is 1. The van der Waals surface area contributed by atoms with E-state index in [2.05, 4.69) is 16.6 Å².